The first-order valence-corrected chi connectivity index (χ1v) is 8.39. The number of likely N-dealkylation sites (N-methyl/N-ethyl adjacent to an activating group) is 1. The monoisotopic (exact) mass is 343 g/mol. The highest BCUT2D eigenvalue weighted by Gasteiger charge is 2.15. The second-order valence-corrected chi connectivity index (χ2v) is 6.23. The Kier molecular flexibility index (Phi) is 7.03. The van der Waals surface area contributed by atoms with Gasteiger partial charge in [0.1, 0.15) is 5.75 Å². The minimum absolute atomic E-state index is 0.00328. The van der Waals surface area contributed by atoms with Crippen molar-refractivity contribution in [1.29, 1.82) is 0 Å². The van der Waals surface area contributed by atoms with E-state index < -0.39 is 0 Å². The molecule has 0 aromatic heterocycles. The quantitative estimate of drug-likeness (QED) is 0.756. The van der Waals surface area contributed by atoms with E-state index in [1.54, 1.807) is 7.11 Å². The Balaban J connectivity index is 2.12. The van der Waals surface area contributed by atoms with Crippen LogP contribution < -0.4 is 15.4 Å². The third-order valence-corrected chi connectivity index (χ3v) is 3.96. The topological polar surface area (TPSA) is 36.5 Å². The van der Waals surface area contributed by atoms with Crippen molar-refractivity contribution >= 4 is 17.3 Å². The lowest BCUT2D eigenvalue weighted by atomic mass is 9.99. The van der Waals surface area contributed by atoms with Crippen LogP contribution in [0.3, 0.4) is 0 Å². The van der Waals surface area contributed by atoms with E-state index in [1.807, 2.05) is 44.4 Å². The zero-order valence-corrected chi connectivity index (χ0v) is 15.3. The largest absolute Gasteiger partial charge is 0.497 e. The number of rotatable bonds is 7. The van der Waals surface area contributed by atoms with Crippen molar-refractivity contribution in [3.8, 4) is 5.75 Å². The van der Waals surface area contributed by atoms with Crippen LogP contribution in [0.5, 0.6) is 5.75 Å². The van der Waals surface area contributed by atoms with E-state index in [0.717, 1.165) is 24.4 Å². The van der Waals surface area contributed by atoms with Gasteiger partial charge in [0.15, 0.2) is 5.11 Å². The van der Waals surface area contributed by atoms with Crippen molar-refractivity contribution < 1.29 is 4.74 Å². The van der Waals surface area contributed by atoms with Gasteiger partial charge < -0.3 is 20.3 Å². The minimum Gasteiger partial charge on any atom is -0.497 e. The average Bonchev–Trinajstić information content (AvgIpc) is 2.60. The van der Waals surface area contributed by atoms with Gasteiger partial charge in [-0.3, -0.25) is 0 Å². The van der Waals surface area contributed by atoms with Crippen molar-refractivity contribution in [2.75, 3.05) is 34.3 Å². The summed E-state index contributed by atoms with van der Waals surface area (Å²) in [4.78, 5) is 2.12. The summed E-state index contributed by atoms with van der Waals surface area (Å²) < 4.78 is 5.25. The predicted octanol–water partition coefficient (Wildman–Crippen LogP) is 2.81. The van der Waals surface area contributed by atoms with E-state index in [9.17, 15) is 0 Å². The molecule has 0 aliphatic carbocycles. The van der Waals surface area contributed by atoms with Gasteiger partial charge >= 0.3 is 0 Å². The molecule has 2 aromatic carbocycles. The molecule has 24 heavy (non-hydrogen) atoms. The molecule has 4 nitrogen and oxygen atoms in total. The summed E-state index contributed by atoms with van der Waals surface area (Å²) in [6.45, 7) is 1.74. The lowest BCUT2D eigenvalue weighted by molar-refractivity contribution is 0.412. The van der Waals surface area contributed by atoms with Crippen molar-refractivity contribution in [3.05, 3.63) is 65.7 Å². The smallest absolute Gasteiger partial charge is 0.167 e. The van der Waals surface area contributed by atoms with Crippen LogP contribution in [-0.4, -0.2) is 44.3 Å². The summed E-state index contributed by atoms with van der Waals surface area (Å²) in [5.41, 5.74) is 2.30. The van der Waals surface area contributed by atoms with Crippen LogP contribution in [0, 0.1) is 0 Å². The molecule has 0 spiro atoms. The van der Waals surface area contributed by atoms with Gasteiger partial charge in [0.25, 0.3) is 0 Å². The summed E-state index contributed by atoms with van der Waals surface area (Å²) in [5, 5.41) is 7.34. The van der Waals surface area contributed by atoms with Gasteiger partial charge in [0.2, 0.25) is 0 Å². The molecule has 0 aliphatic rings. The molecule has 0 heterocycles. The predicted molar refractivity (Wildman–Crippen MR) is 104 cm³/mol. The van der Waals surface area contributed by atoms with Gasteiger partial charge in [-0.1, -0.05) is 42.5 Å². The van der Waals surface area contributed by atoms with Gasteiger partial charge in [-0.15, -0.1) is 0 Å². The van der Waals surface area contributed by atoms with Crippen LogP contribution in [0.25, 0.3) is 0 Å². The van der Waals surface area contributed by atoms with Crippen LogP contribution in [0.2, 0.25) is 0 Å². The summed E-state index contributed by atoms with van der Waals surface area (Å²) in [6, 6.07) is 18.3. The molecule has 2 N–H and O–H groups in total. The molecule has 2 rings (SSSR count). The van der Waals surface area contributed by atoms with Gasteiger partial charge in [0, 0.05) is 13.1 Å². The maximum Gasteiger partial charge on any atom is 0.167 e. The van der Waals surface area contributed by atoms with E-state index in [1.165, 1.54) is 5.56 Å². The molecule has 5 heteroatoms. The number of hydrogen-bond acceptors (Lipinski definition) is 3. The Morgan fingerprint density at radius 3 is 2.25 bits per heavy atom. The Hall–Kier alpha value is -2.11. The highest BCUT2D eigenvalue weighted by atomic mass is 32.1. The second-order valence-electron chi connectivity index (χ2n) is 5.82. The third kappa shape index (κ3) is 5.51. The van der Waals surface area contributed by atoms with Crippen molar-refractivity contribution in [3.63, 3.8) is 0 Å². The molecule has 0 unspecified atom stereocenters. The van der Waals surface area contributed by atoms with Crippen LogP contribution >= 0.6 is 12.2 Å². The van der Waals surface area contributed by atoms with Crippen molar-refractivity contribution in [2.45, 2.75) is 6.04 Å². The normalized spacial score (nSPS) is 11.8. The number of thiocarbonyl (C=S) groups is 1. The fourth-order valence-electron chi connectivity index (χ4n) is 2.38. The molecule has 0 aliphatic heterocycles. The lowest BCUT2D eigenvalue weighted by Crippen LogP contribution is -2.40. The SMILES string of the molecule is COc1ccc([C@H](NC(=S)NCCN(C)C)c2ccccc2)cc1. The van der Waals surface area contributed by atoms with Crippen LogP contribution in [0.4, 0.5) is 0 Å². The van der Waals surface area contributed by atoms with Gasteiger partial charge in [-0.25, -0.2) is 0 Å². The highest BCUT2D eigenvalue weighted by molar-refractivity contribution is 7.80. The second kappa shape index (κ2) is 9.25. The number of ether oxygens (including phenoxy) is 1. The van der Waals surface area contributed by atoms with Crippen LogP contribution in [0.1, 0.15) is 17.2 Å². The van der Waals surface area contributed by atoms with E-state index in [0.29, 0.717) is 5.11 Å². The molecule has 2 aromatic rings. The number of benzene rings is 2. The first-order valence-electron chi connectivity index (χ1n) is 7.98. The number of methoxy groups -OCH3 is 1. The molecule has 128 valence electrons. The molecule has 1 atom stereocenters. The van der Waals surface area contributed by atoms with Crippen LogP contribution in [0.15, 0.2) is 54.6 Å². The molecule has 0 amide bonds. The summed E-state index contributed by atoms with van der Waals surface area (Å²) in [5.74, 6) is 0.845. The number of nitrogens with one attached hydrogen (secondary N) is 2. The molecule has 0 saturated carbocycles. The van der Waals surface area contributed by atoms with E-state index in [2.05, 4.69) is 39.8 Å². The van der Waals surface area contributed by atoms with E-state index in [4.69, 9.17) is 17.0 Å². The fraction of sp³-hybridized carbons (Fsp3) is 0.316. The fourth-order valence-corrected chi connectivity index (χ4v) is 2.60. The summed E-state index contributed by atoms with van der Waals surface area (Å²) in [7, 11) is 5.76. The van der Waals surface area contributed by atoms with Crippen molar-refractivity contribution in [2.24, 2.45) is 0 Å². The molecule has 0 fully saturated rings. The zero-order valence-electron chi connectivity index (χ0n) is 14.5. The third-order valence-electron chi connectivity index (χ3n) is 3.70. The lowest BCUT2D eigenvalue weighted by Gasteiger charge is -2.22. The molecular formula is C19H25N3OS. The zero-order chi connectivity index (χ0) is 17.4. The Labute approximate surface area is 149 Å². The molecule has 0 bridgehead atoms. The average molecular weight is 343 g/mol. The first-order chi connectivity index (χ1) is 11.6. The van der Waals surface area contributed by atoms with E-state index >= 15 is 0 Å². The molecular weight excluding hydrogens is 318 g/mol. The van der Waals surface area contributed by atoms with Crippen LogP contribution in [-0.2, 0) is 0 Å². The van der Waals surface area contributed by atoms with Gasteiger partial charge in [0.05, 0.1) is 13.2 Å². The van der Waals surface area contributed by atoms with Gasteiger partial charge in [-0.05, 0) is 49.6 Å². The van der Waals surface area contributed by atoms with Gasteiger partial charge in [-0.2, -0.15) is 0 Å². The summed E-state index contributed by atoms with van der Waals surface area (Å²) in [6.07, 6.45) is 0. The standard InChI is InChI=1S/C19H25N3OS/c1-22(2)14-13-20-19(24)21-18(15-7-5-4-6-8-15)16-9-11-17(23-3)12-10-16/h4-12,18H,13-14H2,1-3H3,(H2,20,21,24)/t18-/m1/s1. The maximum atomic E-state index is 5.47. The molecule has 0 radical (unpaired) electrons. The Morgan fingerprint density at radius 1 is 1.04 bits per heavy atom. The van der Waals surface area contributed by atoms with Crippen molar-refractivity contribution in [1.82, 2.24) is 15.5 Å². The maximum absolute atomic E-state index is 5.47. The molecule has 0 saturated heterocycles. The first kappa shape index (κ1) is 18.2. The minimum atomic E-state index is -0.00328. The highest BCUT2D eigenvalue weighted by Crippen LogP contribution is 2.24. The van der Waals surface area contributed by atoms with E-state index in [-0.39, 0.29) is 6.04 Å². The number of nitrogens with zero attached hydrogens (tertiary/aromatic N) is 1. The summed E-state index contributed by atoms with van der Waals surface area (Å²) >= 11 is 5.47. The Bertz CT molecular complexity index is 629. The number of hydrogen-bond donors (Lipinski definition) is 2. The Morgan fingerprint density at radius 2 is 1.67 bits per heavy atom.